The third-order valence-corrected chi connectivity index (χ3v) is 10.0. The van der Waals surface area contributed by atoms with E-state index in [-0.39, 0.29) is 36.5 Å². The summed E-state index contributed by atoms with van der Waals surface area (Å²) in [5, 5.41) is 3.10. The minimum absolute atomic E-state index is 0.0869. The molecule has 0 N–H and O–H groups in total. The van der Waals surface area contributed by atoms with Crippen LogP contribution in [0.25, 0.3) is 0 Å². The molecule has 0 saturated heterocycles. The summed E-state index contributed by atoms with van der Waals surface area (Å²) in [6.07, 6.45) is 1.16. The van der Waals surface area contributed by atoms with Gasteiger partial charge in [-0.2, -0.15) is 4.31 Å². The smallest absolute Gasteiger partial charge is 0.243 e. The van der Waals surface area contributed by atoms with Crippen molar-refractivity contribution in [2.24, 2.45) is 0 Å². The van der Waals surface area contributed by atoms with Gasteiger partial charge in [0.2, 0.25) is 15.9 Å². The van der Waals surface area contributed by atoms with E-state index in [0.29, 0.717) is 41.8 Å². The zero-order valence-electron chi connectivity index (χ0n) is 21.2. The number of amides is 1. The molecule has 1 atom stereocenters. The van der Waals surface area contributed by atoms with Crippen molar-refractivity contribution in [3.05, 3.63) is 80.0 Å². The lowest BCUT2D eigenvalue weighted by atomic mass is 10.0. The average molecular weight is 598 g/mol. The molecular weight excluding hydrogens is 567 g/mol. The number of thiophene rings is 1. The van der Waals surface area contributed by atoms with Gasteiger partial charge in [0.05, 0.1) is 17.5 Å². The van der Waals surface area contributed by atoms with Gasteiger partial charge in [-0.25, -0.2) is 8.42 Å². The quantitative estimate of drug-likeness (QED) is 0.269. The van der Waals surface area contributed by atoms with E-state index in [1.54, 1.807) is 35.5 Å². The molecular formula is C27H30Cl2N2O5S2. The van der Waals surface area contributed by atoms with Crippen LogP contribution >= 0.6 is 34.5 Å². The molecule has 1 aliphatic rings. The highest BCUT2D eigenvalue weighted by Gasteiger charge is 2.35. The molecule has 0 bridgehead atoms. The highest BCUT2D eigenvalue weighted by molar-refractivity contribution is 7.89. The van der Waals surface area contributed by atoms with Crippen molar-refractivity contribution in [3.63, 3.8) is 0 Å². The van der Waals surface area contributed by atoms with Crippen molar-refractivity contribution in [3.8, 4) is 5.75 Å². The number of benzene rings is 2. The van der Waals surface area contributed by atoms with Crippen molar-refractivity contribution in [2.75, 3.05) is 40.0 Å². The fourth-order valence-corrected chi connectivity index (χ4v) is 7.02. The molecule has 3 aromatic rings. The van der Waals surface area contributed by atoms with Gasteiger partial charge in [-0.15, -0.1) is 11.3 Å². The first-order valence-electron chi connectivity index (χ1n) is 12.2. The Bertz CT molecular complexity index is 1360. The average Bonchev–Trinajstić information content (AvgIpc) is 3.38. The molecule has 0 unspecified atom stereocenters. The Morgan fingerprint density at radius 2 is 1.92 bits per heavy atom. The van der Waals surface area contributed by atoms with Crippen LogP contribution in [0, 0.1) is 6.92 Å². The molecule has 0 spiro atoms. The number of methoxy groups -OCH3 is 1. The number of fused-ring (bicyclic) bond motifs is 1. The summed E-state index contributed by atoms with van der Waals surface area (Å²) in [6.45, 7) is 2.86. The number of rotatable bonds is 11. The van der Waals surface area contributed by atoms with Crippen molar-refractivity contribution in [1.29, 1.82) is 0 Å². The van der Waals surface area contributed by atoms with Crippen molar-refractivity contribution >= 4 is 50.5 Å². The maximum atomic E-state index is 13.7. The number of aryl methyl sites for hydroxylation is 1. The number of ether oxygens (including phenoxy) is 2. The monoisotopic (exact) mass is 596 g/mol. The molecule has 11 heteroatoms. The molecule has 4 rings (SSSR count). The summed E-state index contributed by atoms with van der Waals surface area (Å²) in [5.41, 5.74) is 1.93. The summed E-state index contributed by atoms with van der Waals surface area (Å²) in [7, 11) is -2.38. The number of carbonyl (C=O) groups excluding carboxylic acids is 1. The molecule has 2 aromatic carbocycles. The van der Waals surface area contributed by atoms with Gasteiger partial charge in [-0.1, -0.05) is 23.2 Å². The van der Waals surface area contributed by atoms with E-state index in [4.69, 9.17) is 32.7 Å². The van der Waals surface area contributed by atoms with Crippen LogP contribution in [0.2, 0.25) is 10.0 Å². The number of halogens is 2. The van der Waals surface area contributed by atoms with Gasteiger partial charge in [-0.3, -0.25) is 4.79 Å². The number of nitrogens with zero attached hydrogens (tertiary/aromatic N) is 2. The number of carbonyl (C=O) groups is 1. The van der Waals surface area contributed by atoms with Gasteiger partial charge in [0.15, 0.2) is 0 Å². The predicted molar refractivity (Wildman–Crippen MR) is 151 cm³/mol. The topological polar surface area (TPSA) is 76.2 Å². The molecule has 0 aliphatic carbocycles. The van der Waals surface area contributed by atoms with E-state index in [0.717, 1.165) is 11.1 Å². The lowest BCUT2D eigenvalue weighted by molar-refractivity contribution is -0.135. The second kappa shape index (κ2) is 12.8. The van der Waals surface area contributed by atoms with Crippen molar-refractivity contribution < 1.29 is 22.7 Å². The predicted octanol–water partition coefficient (Wildman–Crippen LogP) is 5.60. The molecule has 7 nitrogen and oxygen atoms in total. The fraction of sp³-hybridized carbons (Fsp3) is 0.370. The second-order valence-electron chi connectivity index (χ2n) is 9.01. The molecule has 204 valence electrons. The standard InChI is InChI=1S/C27H30Cl2N2O5S2/c1-19-16-21(6-9-24(19)29)36-18-25-23-11-15-37-26(23)10-13-31(25)27(32)17-30(12-3-14-35-2)38(33,34)22-7-4-20(28)5-8-22/h4-9,11,15-16,25H,3,10,12-14,17-18H2,1-2H3/t25-/m1/s1. The van der Waals surface area contributed by atoms with Crippen LogP contribution in [0.5, 0.6) is 5.75 Å². The lowest BCUT2D eigenvalue weighted by Gasteiger charge is -2.37. The Hall–Kier alpha value is -2.14. The summed E-state index contributed by atoms with van der Waals surface area (Å²) in [4.78, 5) is 16.8. The van der Waals surface area contributed by atoms with E-state index in [1.807, 2.05) is 24.4 Å². The first-order valence-corrected chi connectivity index (χ1v) is 15.3. The van der Waals surface area contributed by atoms with Gasteiger partial charge in [0.25, 0.3) is 0 Å². The summed E-state index contributed by atoms with van der Waals surface area (Å²) in [5.74, 6) is 0.380. The first kappa shape index (κ1) is 28.9. The van der Waals surface area contributed by atoms with Gasteiger partial charge >= 0.3 is 0 Å². The summed E-state index contributed by atoms with van der Waals surface area (Å²) < 4.78 is 39.5. The van der Waals surface area contributed by atoms with Gasteiger partial charge in [-0.05, 0) is 84.8 Å². The number of sulfonamides is 1. The highest BCUT2D eigenvalue weighted by Crippen LogP contribution is 2.34. The molecule has 0 saturated carbocycles. The SMILES string of the molecule is COCCCN(CC(=O)N1CCc2sccc2[C@H]1COc1ccc(Cl)c(C)c1)S(=O)(=O)c1ccc(Cl)cc1. The largest absolute Gasteiger partial charge is 0.491 e. The van der Waals surface area contributed by atoms with Crippen LogP contribution in [-0.2, 0) is 26.0 Å². The number of hydrogen-bond donors (Lipinski definition) is 0. The normalized spacial score (nSPS) is 15.5. The maximum absolute atomic E-state index is 13.7. The Labute approximate surface area is 237 Å². The number of hydrogen-bond acceptors (Lipinski definition) is 6. The van der Waals surface area contributed by atoms with Gasteiger partial charge in [0.1, 0.15) is 12.4 Å². The lowest BCUT2D eigenvalue weighted by Crippen LogP contribution is -2.48. The Kier molecular flexibility index (Phi) is 9.73. The third kappa shape index (κ3) is 6.70. The summed E-state index contributed by atoms with van der Waals surface area (Å²) >= 11 is 13.8. The minimum atomic E-state index is -3.93. The van der Waals surface area contributed by atoms with Crippen LogP contribution in [0.1, 0.15) is 28.5 Å². The maximum Gasteiger partial charge on any atom is 0.243 e. The fourth-order valence-electron chi connectivity index (χ4n) is 4.42. The Morgan fingerprint density at radius 1 is 1.16 bits per heavy atom. The van der Waals surface area contributed by atoms with E-state index in [2.05, 4.69) is 0 Å². The first-order chi connectivity index (χ1) is 18.2. The highest BCUT2D eigenvalue weighted by atomic mass is 35.5. The molecule has 2 heterocycles. The van der Waals surface area contributed by atoms with Crippen LogP contribution in [-0.4, -0.2) is 63.5 Å². The zero-order chi connectivity index (χ0) is 27.3. The van der Waals surface area contributed by atoms with Crippen LogP contribution in [0.15, 0.2) is 58.8 Å². The van der Waals surface area contributed by atoms with Crippen LogP contribution in [0.3, 0.4) is 0 Å². The molecule has 0 radical (unpaired) electrons. The second-order valence-corrected chi connectivity index (χ2v) is 12.8. The van der Waals surface area contributed by atoms with Crippen molar-refractivity contribution in [1.82, 2.24) is 9.21 Å². The van der Waals surface area contributed by atoms with E-state index in [9.17, 15) is 13.2 Å². The molecule has 1 amide bonds. The van der Waals surface area contributed by atoms with Crippen LogP contribution < -0.4 is 4.74 Å². The minimum Gasteiger partial charge on any atom is -0.491 e. The molecule has 1 aromatic heterocycles. The Morgan fingerprint density at radius 3 is 2.63 bits per heavy atom. The van der Waals surface area contributed by atoms with Gasteiger partial charge in [0, 0.05) is 41.7 Å². The summed E-state index contributed by atoms with van der Waals surface area (Å²) in [6, 6.07) is 13.1. The van der Waals surface area contributed by atoms with E-state index in [1.165, 1.54) is 33.4 Å². The third-order valence-electron chi connectivity index (χ3n) is 6.47. The van der Waals surface area contributed by atoms with E-state index < -0.39 is 10.0 Å². The van der Waals surface area contributed by atoms with E-state index >= 15 is 0 Å². The van der Waals surface area contributed by atoms with Crippen LogP contribution in [0.4, 0.5) is 0 Å². The Balaban J connectivity index is 1.56. The van der Waals surface area contributed by atoms with Gasteiger partial charge < -0.3 is 14.4 Å². The molecule has 38 heavy (non-hydrogen) atoms. The molecule has 1 aliphatic heterocycles. The zero-order valence-corrected chi connectivity index (χ0v) is 24.4. The van der Waals surface area contributed by atoms with Crippen molar-refractivity contribution in [2.45, 2.75) is 30.7 Å². The molecule has 0 fully saturated rings.